The van der Waals surface area contributed by atoms with Gasteiger partial charge in [-0.25, -0.2) is 0 Å². The van der Waals surface area contributed by atoms with E-state index in [9.17, 15) is 39.0 Å². The van der Waals surface area contributed by atoms with Crippen molar-refractivity contribution in [2.24, 2.45) is 0 Å². The Balaban J connectivity index is 0.781. The number of ether oxygens (including phenoxy) is 2. The number of phenolic OH excluding ortho intramolecular Hbond substituents is 2. The number of phenols is 2. The molecule has 0 heterocycles. The van der Waals surface area contributed by atoms with E-state index in [1.807, 2.05) is 24.3 Å². The van der Waals surface area contributed by atoms with Crippen LogP contribution in [0.25, 0.3) is 0 Å². The highest BCUT2D eigenvalue weighted by Crippen LogP contribution is 2.39. The number of aromatic hydroxyl groups is 2. The lowest BCUT2D eigenvalue weighted by atomic mass is 9.82. The molecule has 0 fully saturated rings. The molecular weight excluding hydrogens is 753 g/mol. The third kappa shape index (κ3) is 7.54. The summed E-state index contributed by atoms with van der Waals surface area (Å²) >= 11 is 0. The Morgan fingerprint density at radius 3 is 1.14 bits per heavy atom. The summed E-state index contributed by atoms with van der Waals surface area (Å²) in [6, 6.07) is 33.2. The standard InChI is InChI=1S/C47H34N2O10/c50-36-19-17-34(40-42(36)46(56)32-7-3-1-5-30(32)44(40)54)48-28-13-9-26(10-14-28)21-23-58-38(52)25-39(53)59-24-22-27-11-15-29(16-12-27)49-35-18-20-37(51)43-41(35)45(55)31-6-2-4-8-33(31)47(43)57/h1-20,48-51H,21-25H2. The molecule has 0 bridgehead atoms. The maximum absolute atomic E-state index is 13.4. The van der Waals surface area contributed by atoms with Crippen molar-refractivity contribution >= 4 is 57.8 Å². The highest BCUT2D eigenvalue weighted by molar-refractivity contribution is 6.32. The molecule has 6 aromatic rings. The highest BCUT2D eigenvalue weighted by Gasteiger charge is 2.35. The van der Waals surface area contributed by atoms with Crippen LogP contribution in [0.3, 0.4) is 0 Å². The highest BCUT2D eigenvalue weighted by atomic mass is 16.6. The van der Waals surface area contributed by atoms with E-state index in [4.69, 9.17) is 9.47 Å². The van der Waals surface area contributed by atoms with Crippen LogP contribution in [-0.4, -0.2) is 58.5 Å². The van der Waals surface area contributed by atoms with Crippen molar-refractivity contribution in [2.45, 2.75) is 19.3 Å². The van der Waals surface area contributed by atoms with Crippen LogP contribution < -0.4 is 10.6 Å². The van der Waals surface area contributed by atoms with E-state index in [1.54, 1.807) is 84.9 Å². The minimum atomic E-state index is -0.721. The van der Waals surface area contributed by atoms with Gasteiger partial charge in [0.15, 0.2) is 23.1 Å². The van der Waals surface area contributed by atoms with E-state index >= 15 is 0 Å². The molecule has 0 aliphatic heterocycles. The predicted molar refractivity (Wildman–Crippen MR) is 216 cm³/mol. The second kappa shape index (κ2) is 15.9. The van der Waals surface area contributed by atoms with Crippen molar-refractivity contribution in [3.8, 4) is 11.5 Å². The summed E-state index contributed by atoms with van der Waals surface area (Å²) in [7, 11) is 0. The van der Waals surface area contributed by atoms with Gasteiger partial charge in [-0.2, -0.15) is 0 Å². The van der Waals surface area contributed by atoms with Crippen molar-refractivity contribution in [2.75, 3.05) is 23.8 Å². The molecule has 2 aliphatic rings. The molecule has 0 saturated heterocycles. The molecule has 0 unspecified atom stereocenters. The number of esters is 2. The number of anilines is 4. The van der Waals surface area contributed by atoms with Crippen molar-refractivity contribution in [3.63, 3.8) is 0 Å². The Hall–Kier alpha value is -7.86. The zero-order valence-corrected chi connectivity index (χ0v) is 31.2. The molecule has 0 amide bonds. The molecule has 12 nitrogen and oxygen atoms in total. The summed E-state index contributed by atoms with van der Waals surface area (Å²) in [5.74, 6) is -3.56. The molecule has 12 heteroatoms. The van der Waals surface area contributed by atoms with Gasteiger partial charge >= 0.3 is 11.9 Å². The fourth-order valence-corrected chi connectivity index (χ4v) is 7.23. The van der Waals surface area contributed by atoms with Gasteiger partial charge in [0.25, 0.3) is 0 Å². The quantitative estimate of drug-likeness (QED) is 0.0547. The number of rotatable bonds is 12. The molecule has 59 heavy (non-hydrogen) atoms. The molecule has 0 radical (unpaired) electrons. The third-order valence-electron chi connectivity index (χ3n) is 10.2. The van der Waals surface area contributed by atoms with Crippen molar-refractivity contribution in [1.29, 1.82) is 0 Å². The Kier molecular flexibility index (Phi) is 10.3. The second-order valence-electron chi connectivity index (χ2n) is 13.9. The van der Waals surface area contributed by atoms with E-state index in [-0.39, 0.29) is 80.8 Å². The second-order valence-corrected chi connectivity index (χ2v) is 13.9. The fraction of sp³-hybridized carbons (Fsp3) is 0.106. The van der Waals surface area contributed by atoms with Gasteiger partial charge in [-0.15, -0.1) is 0 Å². The van der Waals surface area contributed by atoms with Crippen LogP contribution in [0, 0.1) is 0 Å². The average Bonchev–Trinajstić information content (AvgIpc) is 3.24. The van der Waals surface area contributed by atoms with E-state index in [2.05, 4.69) is 10.6 Å². The smallest absolute Gasteiger partial charge is 0.317 e. The normalized spacial score (nSPS) is 12.5. The Morgan fingerprint density at radius 1 is 0.441 bits per heavy atom. The van der Waals surface area contributed by atoms with E-state index in [0.717, 1.165) is 11.1 Å². The number of nitrogens with one attached hydrogen (secondary N) is 2. The first-order valence-corrected chi connectivity index (χ1v) is 18.7. The minimum Gasteiger partial charge on any atom is -0.507 e. The van der Waals surface area contributed by atoms with Crippen LogP contribution in [0.1, 0.15) is 81.2 Å². The number of carbonyl (C=O) groups is 6. The van der Waals surface area contributed by atoms with Crippen LogP contribution in [0.2, 0.25) is 0 Å². The van der Waals surface area contributed by atoms with Crippen molar-refractivity contribution in [1.82, 2.24) is 0 Å². The summed E-state index contributed by atoms with van der Waals surface area (Å²) in [5.41, 5.74) is 4.85. The zero-order valence-electron chi connectivity index (χ0n) is 31.2. The number of hydrogen-bond acceptors (Lipinski definition) is 12. The van der Waals surface area contributed by atoms with Crippen molar-refractivity contribution in [3.05, 3.63) is 177 Å². The first-order valence-electron chi connectivity index (χ1n) is 18.7. The molecule has 0 atom stereocenters. The van der Waals surface area contributed by atoms with Gasteiger partial charge in [-0.1, -0.05) is 72.8 Å². The molecular formula is C47H34N2O10. The summed E-state index contributed by atoms with van der Waals surface area (Å²) in [6.45, 7) is 0.0664. The fourth-order valence-electron chi connectivity index (χ4n) is 7.23. The van der Waals surface area contributed by atoms with E-state index in [0.29, 0.717) is 35.6 Å². The Bertz CT molecular complexity index is 2530. The lowest BCUT2D eigenvalue weighted by Gasteiger charge is -2.21. The van der Waals surface area contributed by atoms with Crippen LogP contribution in [0.15, 0.2) is 121 Å². The number of hydrogen-bond donors (Lipinski definition) is 4. The molecule has 0 aromatic heterocycles. The Labute approximate surface area is 337 Å². The Morgan fingerprint density at radius 2 is 0.780 bits per heavy atom. The first-order chi connectivity index (χ1) is 28.6. The number of ketones is 4. The van der Waals surface area contributed by atoms with Gasteiger partial charge in [-0.05, 0) is 59.7 Å². The third-order valence-corrected chi connectivity index (χ3v) is 10.2. The van der Waals surface area contributed by atoms with Crippen LogP contribution >= 0.6 is 0 Å². The number of benzene rings is 6. The van der Waals surface area contributed by atoms with Crippen molar-refractivity contribution < 1.29 is 48.5 Å². The van der Waals surface area contributed by atoms with Crippen LogP contribution in [-0.2, 0) is 31.9 Å². The molecule has 6 aromatic carbocycles. The molecule has 4 N–H and O–H groups in total. The predicted octanol–water partition coefficient (Wildman–Crippen LogP) is 7.40. The van der Waals surface area contributed by atoms with E-state index in [1.165, 1.54) is 12.1 Å². The summed E-state index contributed by atoms with van der Waals surface area (Å²) in [4.78, 5) is 77.7. The van der Waals surface area contributed by atoms with Crippen LogP contribution in [0.4, 0.5) is 22.7 Å². The first kappa shape index (κ1) is 38.0. The topological polar surface area (TPSA) is 185 Å². The lowest BCUT2D eigenvalue weighted by Crippen LogP contribution is -2.22. The number of carbonyl (C=O) groups excluding carboxylic acids is 6. The summed E-state index contributed by atoms with van der Waals surface area (Å²) < 4.78 is 10.5. The maximum atomic E-state index is 13.4. The number of fused-ring (bicyclic) bond motifs is 4. The monoisotopic (exact) mass is 786 g/mol. The molecule has 0 spiro atoms. The van der Waals surface area contributed by atoms with Gasteiger partial charge in [0.05, 0.1) is 46.8 Å². The molecule has 0 saturated carbocycles. The zero-order chi connectivity index (χ0) is 41.2. The minimum absolute atomic E-state index is 0.0332. The van der Waals surface area contributed by atoms with Gasteiger partial charge in [0.2, 0.25) is 0 Å². The van der Waals surface area contributed by atoms with Gasteiger partial charge in [0.1, 0.15) is 17.9 Å². The molecule has 8 rings (SSSR count). The summed E-state index contributed by atoms with van der Waals surface area (Å²) in [5, 5.41) is 27.3. The van der Waals surface area contributed by atoms with Gasteiger partial charge in [-0.3, -0.25) is 28.8 Å². The van der Waals surface area contributed by atoms with Gasteiger partial charge in [0, 0.05) is 46.5 Å². The SMILES string of the molecule is O=C(CC(=O)OCCc1ccc(Nc2ccc(O)c3c2C(=O)c2ccccc2C3=O)cc1)OCCc1ccc(Nc2ccc(O)c3c2C(=O)c2ccccc2C3=O)cc1. The average molecular weight is 787 g/mol. The largest absolute Gasteiger partial charge is 0.507 e. The summed E-state index contributed by atoms with van der Waals surface area (Å²) in [6.07, 6.45) is 0.209. The van der Waals surface area contributed by atoms with Gasteiger partial charge < -0.3 is 30.3 Å². The maximum Gasteiger partial charge on any atom is 0.317 e. The molecule has 2 aliphatic carbocycles. The lowest BCUT2D eigenvalue weighted by molar-refractivity contribution is -0.154. The van der Waals surface area contributed by atoms with Crippen LogP contribution in [0.5, 0.6) is 11.5 Å². The van der Waals surface area contributed by atoms with E-state index < -0.39 is 29.9 Å². The molecule has 292 valence electrons.